The highest BCUT2D eigenvalue weighted by Gasteiger charge is 2.31. The highest BCUT2D eigenvalue weighted by molar-refractivity contribution is 7.87. The fourth-order valence-corrected chi connectivity index (χ4v) is 3.34. The van der Waals surface area contributed by atoms with Crippen molar-refractivity contribution in [2.24, 2.45) is 5.92 Å². The second kappa shape index (κ2) is 7.48. The molecule has 1 heterocycles. The van der Waals surface area contributed by atoms with E-state index >= 15 is 0 Å². The lowest BCUT2D eigenvalue weighted by atomic mass is 10.0. The Labute approximate surface area is 114 Å². The molecule has 1 atom stereocenters. The largest absolute Gasteiger partial charge is 0.481 e. The first kappa shape index (κ1) is 16.0. The van der Waals surface area contributed by atoms with E-state index in [0.29, 0.717) is 38.8 Å². The predicted molar refractivity (Wildman–Crippen MR) is 71.5 cm³/mol. The van der Waals surface area contributed by atoms with Gasteiger partial charge in [0, 0.05) is 26.1 Å². The van der Waals surface area contributed by atoms with Gasteiger partial charge in [-0.3, -0.25) is 4.79 Å². The van der Waals surface area contributed by atoms with Crippen molar-refractivity contribution in [1.29, 1.82) is 0 Å². The lowest BCUT2D eigenvalue weighted by Gasteiger charge is -2.29. The maximum atomic E-state index is 12.0. The average Bonchev–Trinajstić information content (AvgIpc) is 2.38. The Morgan fingerprint density at radius 2 is 2.21 bits per heavy atom. The molecule has 1 aliphatic rings. The van der Waals surface area contributed by atoms with Gasteiger partial charge in [0.1, 0.15) is 0 Å². The Balaban J connectivity index is 2.43. The van der Waals surface area contributed by atoms with Gasteiger partial charge in [-0.05, 0) is 25.7 Å². The number of aliphatic carboxylic acids is 1. The normalized spacial score (nSPS) is 20.9. The van der Waals surface area contributed by atoms with Crippen molar-refractivity contribution in [2.45, 2.75) is 32.1 Å². The molecule has 1 saturated heterocycles. The van der Waals surface area contributed by atoms with E-state index in [2.05, 4.69) is 10.6 Å². The number of piperidine rings is 1. The molecule has 1 unspecified atom stereocenters. The van der Waals surface area contributed by atoms with E-state index in [0.717, 1.165) is 6.42 Å². The van der Waals surface area contributed by atoms with E-state index < -0.39 is 22.1 Å². The zero-order chi connectivity index (χ0) is 14.3. The maximum Gasteiger partial charge on any atom is 0.307 e. The first-order valence-corrected chi connectivity index (χ1v) is 7.82. The standard InChI is InChI=1S/C12H20N2O4S/c1-2-3-4-5-8-13-19(17,18)14-9-6-7-11(10-14)12(15)16/h1,11,13H,3-10H2,(H,15,16). The molecule has 0 bridgehead atoms. The zero-order valence-corrected chi connectivity index (χ0v) is 11.7. The smallest absolute Gasteiger partial charge is 0.307 e. The zero-order valence-electron chi connectivity index (χ0n) is 10.8. The van der Waals surface area contributed by atoms with Gasteiger partial charge in [0.2, 0.25) is 0 Å². The van der Waals surface area contributed by atoms with Crippen LogP contribution in [0.2, 0.25) is 0 Å². The Bertz CT molecular complexity index is 441. The second-order valence-corrected chi connectivity index (χ2v) is 6.35. The van der Waals surface area contributed by atoms with Gasteiger partial charge >= 0.3 is 5.97 Å². The van der Waals surface area contributed by atoms with Gasteiger partial charge in [0.25, 0.3) is 10.2 Å². The molecule has 1 aliphatic heterocycles. The summed E-state index contributed by atoms with van der Waals surface area (Å²) in [5.41, 5.74) is 0. The van der Waals surface area contributed by atoms with Gasteiger partial charge < -0.3 is 5.11 Å². The fourth-order valence-electron chi connectivity index (χ4n) is 2.01. The van der Waals surface area contributed by atoms with Crippen molar-refractivity contribution in [2.75, 3.05) is 19.6 Å². The number of nitrogens with one attached hydrogen (secondary N) is 1. The summed E-state index contributed by atoms with van der Waals surface area (Å²) < 4.78 is 27.6. The highest BCUT2D eigenvalue weighted by Crippen LogP contribution is 2.18. The van der Waals surface area contributed by atoms with Crippen molar-refractivity contribution < 1.29 is 18.3 Å². The number of carboxylic acids is 1. The molecule has 0 spiro atoms. The topological polar surface area (TPSA) is 86.7 Å². The molecule has 0 aliphatic carbocycles. The van der Waals surface area contributed by atoms with Crippen LogP contribution in [0.25, 0.3) is 0 Å². The van der Waals surface area contributed by atoms with Crippen molar-refractivity contribution in [3.63, 3.8) is 0 Å². The first-order valence-electron chi connectivity index (χ1n) is 6.38. The fraction of sp³-hybridized carbons (Fsp3) is 0.750. The minimum absolute atomic E-state index is 0.0506. The number of carbonyl (C=O) groups is 1. The molecular weight excluding hydrogens is 268 g/mol. The second-order valence-electron chi connectivity index (χ2n) is 4.60. The van der Waals surface area contributed by atoms with Crippen LogP contribution in [0.4, 0.5) is 0 Å². The third kappa shape index (κ3) is 5.19. The van der Waals surface area contributed by atoms with Crippen LogP contribution in [-0.2, 0) is 15.0 Å². The number of carboxylic acid groups (broad SMARTS) is 1. The summed E-state index contributed by atoms with van der Waals surface area (Å²) in [7, 11) is -3.57. The third-order valence-electron chi connectivity index (χ3n) is 3.11. The van der Waals surface area contributed by atoms with Gasteiger partial charge in [-0.2, -0.15) is 12.7 Å². The summed E-state index contributed by atoms with van der Waals surface area (Å²) in [4.78, 5) is 10.9. The van der Waals surface area contributed by atoms with E-state index in [-0.39, 0.29) is 6.54 Å². The Morgan fingerprint density at radius 1 is 1.47 bits per heavy atom. The van der Waals surface area contributed by atoms with Crippen molar-refractivity contribution >= 4 is 16.2 Å². The lowest BCUT2D eigenvalue weighted by molar-refractivity contribution is -0.142. The number of terminal acetylenes is 1. The molecule has 1 fully saturated rings. The summed E-state index contributed by atoms with van der Waals surface area (Å²) in [5, 5.41) is 8.93. The molecule has 1 rings (SSSR count). The van der Waals surface area contributed by atoms with Gasteiger partial charge in [-0.25, -0.2) is 4.72 Å². The summed E-state index contributed by atoms with van der Waals surface area (Å²) in [5.74, 6) is 0.953. The summed E-state index contributed by atoms with van der Waals surface area (Å²) in [6.07, 6.45) is 8.30. The maximum absolute atomic E-state index is 12.0. The molecule has 0 radical (unpaired) electrons. The molecule has 7 heteroatoms. The van der Waals surface area contributed by atoms with Crippen molar-refractivity contribution in [3.8, 4) is 12.3 Å². The minimum Gasteiger partial charge on any atom is -0.481 e. The van der Waals surface area contributed by atoms with Crippen LogP contribution in [0.3, 0.4) is 0 Å². The molecule has 0 saturated carbocycles. The third-order valence-corrected chi connectivity index (χ3v) is 4.69. The van der Waals surface area contributed by atoms with E-state index in [4.69, 9.17) is 11.5 Å². The Hall–Kier alpha value is -1.10. The molecule has 0 aromatic rings. The highest BCUT2D eigenvalue weighted by atomic mass is 32.2. The van der Waals surface area contributed by atoms with Gasteiger partial charge in [-0.15, -0.1) is 12.3 Å². The van der Waals surface area contributed by atoms with Crippen LogP contribution in [0.15, 0.2) is 0 Å². The molecular formula is C12H20N2O4S. The molecule has 2 N–H and O–H groups in total. The summed E-state index contributed by atoms with van der Waals surface area (Å²) in [6.45, 7) is 0.761. The van der Waals surface area contributed by atoms with Crippen molar-refractivity contribution in [1.82, 2.24) is 9.03 Å². The van der Waals surface area contributed by atoms with Crippen LogP contribution in [0.1, 0.15) is 32.1 Å². The van der Waals surface area contributed by atoms with E-state index in [9.17, 15) is 13.2 Å². The van der Waals surface area contributed by atoms with E-state index in [1.54, 1.807) is 0 Å². The SMILES string of the molecule is C#CCCCCNS(=O)(=O)N1CCCC(C(=O)O)C1. The predicted octanol–water partition coefficient (Wildman–Crippen LogP) is 0.421. The number of hydrogen-bond donors (Lipinski definition) is 2. The van der Waals surface area contributed by atoms with Gasteiger partial charge in [-0.1, -0.05) is 0 Å². The van der Waals surface area contributed by atoms with Crippen LogP contribution >= 0.6 is 0 Å². The van der Waals surface area contributed by atoms with E-state index in [1.807, 2.05) is 0 Å². The Kier molecular flexibility index (Phi) is 6.28. The Morgan fingerprint density at radius 3 is 2.84 bits per heavy atom. The average molecular weight is 288 g/mol. The number of hydrogen-bond acceptors (Lipinski definition) is 3. The van der Waals surface area contributed by atoms with Gasteiger partial charge in [0.05, 0.1) is 5.92 Å². The van der Waals surface area contributed by atoms with Crippen LogP contribution < -0.4 is 4.72 Å². The van der Waals surface area contributed by atoms with Gasteiger partial charge in [0.15, 0.2) is 0 Å². The first-order chi connectivity index (χ1) is 8.97. The number of nitrogens with zero attached hydrogens (tertiary/aromatic N) is 1. The molecule has 0 aromatic carbocycles. The summed E-state index contributed by atoms with van der Waals surface area (Å²) >= 11 is 0. The van der Waals surface area contributed by atoms with Crippen LogP contribution in [0.5, 0.6) is 0 Å². The van der Waals surface area contributed by atoms with Crippen LogP contribution in [0, 0.1) is 18.3 Å². The molecule has 0 aromatic heterocycles. The number of rotatable bonds is 7. The van der Waals surface area contributed by atoms with E-state index in [1.165, 1.54) is 4.31 Å². The molecule has 19 heavy (non-hydrogen) atoms. The molecule has 6 nitrogen and oxygen atoms in total. The monoisotopic (exact) mass is 288 g/mol. The van der Waals surface area contributed by atoms with Crippen LogP contribution in [-0.4, -0.2) is 43.4 Å². The lowest BCUT2D eigenvalue weighted by Crippen LogP contribution is -2.47. The molecule has 108 valence electrons. The minimum atomic E-state index is -3.57. The van der Waals surface area contributed by atoms with Crippen molar-refractivity contribution in [3.05, 3.63) is 0 Å². The summed E-state index contributed by atoms with van der Waals surface area (Å²) in [6, 6.07) is 0. The quantitative estimate of drug-likeness (QED) is 0.525. The number of unbranched alkanes of at least 4 members (excludes halogenated alkanes) is 2. The molecule has 0 amide bonds.